The molecule has 0 fully saturated rings. The largest absolute Gasteiger partial charge is 0.335 e. The van der Waals surface area contributed by atoms with Gasteiger partial charge < -0.3 is 9.64 Å². The van der Waals surface area contributed by atoms with E-state index in [1.165, 1.54) is 0 Å². The highest BCUT2D eigenvalue weighted by Crippen LogP contribution is 2.03. The van der Waals surface area contributed by atoms with Crippen LogP contribution in [0.25, 0.3) is 0 Å². The molecule has 0 saturated heterocycles. The van der Waals surface area contributed by atoms with Crippen LogP contribution in [0.5, 0.6) is 0 Å². The Morgan fingerprint density at radius 1 is 1.55 bits per heavy atom. The Hall–Kier alpha value is -0.160. The van der Waals surface area contributed by atoms with E-state index in [2.05, 4.69) is 5.32 Å². The lowest BCUT2D eigenvalue weighted by Crippen LogP contribution is -2.51. The fraction of sp³-hybridized carbons (Fsp3) is 1.00. The van der Waals surface area contributed by atoms with Crippen molar-refractivity contribution in [3.05, 3.63) is 0 Å². The molecule has 0 aliphatic heterocycles. The average molecular weight is 161 g/mol. The molecule has 0 rings (SSSR count). The van der Waals surface area contributed by atoms with Gasteiger partial charge in [-0.2, -0.15) is 5.11 Å². The van der Waals surface area contributed by atoms with Gasteiger partial charge in [0.1, 0.15) is 0 Å². The number of rotatable bonds is 5. The lowest BCUT2D eigenvalue weighted by Gasteiger charge is -2.27. The van der Waals surface area contributed by atoms with Gasteiger partial charge in [-0.3, -0.25) is 5.32 Å². The van der Waals surface area contributed by atoms with Crippen LogP contribution in [-0.4, -0.2) is 45.1 Å². The molecule has 67 valence electrons. The molecular weight excluding hydrogens is 144 g/mol. The Morgan fingerprint density at radius 2 is 2.09 bits per heavy atom. The molecule has 0 amide bonds. The molecule has 0 aromatic carbocycles. The minimum atomic E-state index is -1.46. The van der Waals surface area contributed by atoms with Gasteiger partial charge in [-0.15, -0.1) is 0 Å². The van der Waals surface area contributed by atoms with Gasteiger partial charge in [-0.25, -0.2) is 0 Å². The second-order valence-corrected chi connectivity index (χ2v) is 2.67. The molecule has 1 atom stereocenters. The number of nitrogens with zero attached hydrogens (tertiary/aromatic N) is 1. The maximum atomic E-state index is 11.5. The van der Waals surface area contributed by atoms with Crippen molar-refractivity contribution >= 4 is 0 Å². The number of hydrogen-bond donors (Lipinski definition) is 1. The van der Waals surface area contributed by atoms with Gasteiger partial charge in [-0.05, 0) is 28.1 Å². The Balaban J connectivity index is 3.87. The van der Waals surface area contributed by atoms with E-state index in [1.54, 1.807) is 18.9 Å². The molecule has 1 unspecified atom stereocenters. The highest BCUT2D eigenvalue weighted by atomic mass is 16.6. The van der Waals surface area contributed by atoms with E-state index in [0.717, 1.165) is 0 Å². The van der Waals surface area contributed by atoms with Crippen LogP contribution in [0.15, 0.2) is 0 Å². The number of hydrogen-bond acceptors (Lipinski definition) is 3. The summed E-state index contributed by atoms with van der Waals surface area (Å²) in [6.07, 6.45) is 0. The number of likely N-dealkylation sites (N-methyl/N-ethyl adjacent to an activating group) is 2. The molecule has 0 aromatic rings. The van der Waals surface area contributed by atoms with Crippen LogP contribution in [0.2, 0.25) is 0 Å². The van der Waals surface area contributed by atoms with Crippen molar-refractivity contribution in [2.45, 2.75) is 12.8 Å². The molecule has 0 saturated carbocycles. The van der Waals surface area contributed by atoms with Gasteiger partial charge in [0, 0.05) is 6.61 Å². The summed E-state index contributed by atoms with van der Waals surface area (Å²) < 4.78 is 4.98. The molecule has 0 aromatic heterocycles. The molecule has 0 aliphatic rings. The van der Waals surface area contributed by atoms with Crippen LogP contribution in [0.4, 0.5) is 0 Å². The summed E-state index contributed by atoms with van der Waals surface area (Å²) in [6.45, 7) is 2.56. The van der Waals surface area contributed by atoms with Crippen molar-refractivity contribution in [3.8, 4) is 0 Å². The van der Waals surface area contributed by atoms with Crippen LogP contribution in [0.3, 0.4) is 0 Å². The Kier molecular flexibility index (Phi) is 4.60. The standard InChI is InChI=1S/C7H17N2O2/c1-5-11-7(10,8-2)6-9(3)4/h8H,5-6H2,1-4H3. The van der Waals surface area contributed by atoms with Gasteiger partial charge in [0.2, 0.25) is 0 Å². The zero-order valence-corrected chi connectivity index (χ0v) is 7.68. The van der Waals surface area contributed by atoms with Gasteiger partial charge in [-0.1, -0.05) is 0 Å². The van der Waals surface area contributed by atoms with Crippen molar-refractivity contribution in [1.82, 2.24) is 10.2 Å². The fourth-order valence-electron chi connectivity index (χ4n) is 0.846. The molecule has 0 aliphatic carbocycles. The second-order valence-electron chi connectivity index (χ2n) is 2.67. The predicted molar refractivity (Wildman–Crippen MR) is 42.7 cm³/mol. The third-order valence-corrected chi connectivity index (χ3v) is 1.28. The van der Waals surface area contributed by atoms with Crippen LogP contribution >= 0.6 is 0 Å². The monoisotopic (exact) mass is 161 g/mol. The first-order valence-corrected chi connectivity index (χ1v) is 3.72. The normalized spacial score (nSPS) is 16.9. The van der Waals surface area contributed by atoms with Gasteiger partial charge >= 0.3 is 0 Å². The molecular formula is C7H17N2O2. The van der Waals surface area contributed by atoms with Crippen molar-refractivity contribution in [2.75, 3.05) is 34.3 Å². The molecule has 4 heteroatoms. The fourth-order valence-corrected chi connectivity index (χ4v) is 0.846. The first-order chi connectivity index (χ1) is 5.04. The van der Waals surface area contributed by atoms with Crippen molar-refractivity contribution in [1.29, 1.82) is 0 Å². The second kappa shape index (κ2) is 4.66. The van der Waals surface area contributed by atoms with Crippen LogP contribution in [0.1, 0.15) is 6.92 Å². The Labute approximate surface area is 68.1 Å². The van der Waals surface area contributed by atoms with Crippen molar-refractivity contribution in [3.63, 3.8) is 0 Å². The molecule has 11 heavy (non-hydrogen) atoms. The van der Waals surface area contributed by atoms with E-state index in [0.29, 0.717) is 13.2 Å². The predicted octanol–water partition coefficient (Wildman–Crippen LogP) is -0.112. The lowest BCUT2D eigenvalue weighted by atomic mass is 10.4. The smallest absolute Gasteiger partial charge is 0.271 e. The quantitative estimate of drug-likeness (QED) is 0.572. The topological polar surface area (TPSA) is 44.4 Å². The maximum absolute atomic E-state index is 11.5. The van der Waals surface area contributed by atoms with Gasteiger partial charge in [0.25, 0.3) is 5.91 Å². The third kappa shape index (κ3) is 4.31. The zero-order valence-electron chi connectivity index (χ0n) is 7.68. The zero-order chi connectivity index (χ0) is 8.91. The van der Waals surface area contributed by atoms with E-state index < -0.39 is 5.91 Å². The molecule has 0 bridgehead atoms. The minimum Gasteiger partial charge on any atom is -0.335 e. The van der Waals surface area contributed by atoms with E-state index in [4.69, 9.17) is 4.74 Å². The third-order valence-electron chi connectivity index (χ3n) is 1.28. The summed E-state index contributed by atoms with van der Waals surface area (Å²) in [5.41, 5.74) is 0. The Morgan fingerprint density at radius 3 is 2.36 bits per heavy atom. The Bertz CT molecular complexity index is 109. The molecule has 1 radical (unpaired) electrons. The number of nitrogens with one attached hydrogen (secondary N) is 1. The summed E-state index contributed by atoms with van der Waals surface area (Å²) in [6, 6.07) is 0. The van der Waals surface area contributed by atoms with Gasteiger partial charge in [0.05, 0.1) is 6.54 Å². The molecule has 0 heterocycles. The lowest BCUT2D eigenvalue weighted by molar-refractivity contribution is -0.260. The van der Waals surface area contributed by atoms with E-state index in [9.17, 15) is 5.11 Å². The summed E-state index contributed by atoms with van der Waals surface area (Å²) in [4.78, 5) is 1.79. The highest BCUT2D eigenvalue weighted by Gasteiger charge is 2.27. The van der Waals surface area contributed by atoms with E-state index in [1.807, 2.05) is 14.1 Å². The minimum absolute atomic E-state index is 0.331. The van der Waals surface area contributed by atoms with Crippen molar-refractivity contribution < 1.29 is 9.84 Å². The van der Waals surface area contributed by atoms with Crippen LogP contribution in [-0.2, 0) is 9.84 Å². The highest BCUT2D eigenvalue weighted by molar-refractivity contribution is 4.63. The number of ether oxygens (including phenoxy) is 1. The SMILES string of the molecule is CCOC([O])(CN(C)C)NC. The van der Waals surface area contributed by atoms with Crippen molar-refractivity contribution in [2.24, 2.45) is 0 Å². The van der Waals surface area contributed by atoms with Crippen LogP contribution in [0, 0.1) is 0 Å². The van der Waals surface area contributed by atoms with E-state index in [-0.39, 0.29) is 0 Å². The summed E-state index contributed by atoms with van der Waals surface area (Å²) >= 11 is 0. The van der Waals surface area contributed by atoms with Crippen LogP contribution < -0.4 is 5.32 Å². The van der Waals surface area contributed by atoms with Gasteiger partial charge in [0.15, 0.2) is 0 Å². The summed E-state index contributed by atoms with van der Waals surface area (Å²) in [7, 11) is 5.28. The summed E-state index contributed by atoms with van der Waals surface area (Å²) in [5, 5.41) is 14.1. The first-order valence-electron chi connectivity index (χ1n) is 3.72. The molecule has 1 N–H and O–H groups in total. The molecule has 0 spiro atoms. The maximum Gasteiger partial charge on any atom is 0.271 e. The van der Waals surface area contributed by atoms with E-state index >= 15 is 0 Å². The first kappa shape index (κ1) is 10.8. The average Bonchev–Trinajstić information content (AvgIpc) is 1.87. The summed E-state index contributed by atoms with van der Waals surface area (Å²) in [5.74, 6) is -1.46. The molecule has 4 nitrogen and oxygen atoms in total.